The van der Waals surface area contributed by atoms with Crippen LogP contribution in [0.2, 0.25) is 0 Å². The van der Waals surface area contributed by atoms with E-state index in [1.807, 2.05) is 37.3 Å². The summed E-state index contributed by atoms with van der Waals surface area (Å²) in [4.78, 5) is 14.9. The van der Waals surface area contributed by atoms with Gasteiger partial charge < -0.3 is 14.1 Å². The molecule has 0 radical (unpaired) electrons. The summed E-state index contributed by atoms with van der Waals surface area (Å²) in [5.74, 6) is 1.21. The zero-order valence-corrected chi connectivity index (χ0v) is 15.4. The van der Waals surface area contributed by atoms with E-state index in [9.17, 15) is 4.79 Å². The molecule has 6 nitrogen and oxygen atoms in total. The van der Waals surface area contributed by atoms with Gasteiger partial charge in [0.05, 0.1) is 19.1 Å². The van der Waals surface area contributed by atoms with Crippen LogP contribution in [0.5, 0.6) is 0 Å². The van der Waals surface area contributed by atoms with Gasteiger partial charge in [-0.15, -0.1) is 0 Å². The normalized spacial score (nSPS) is 20.6. The highest BCUT2D eigenvalue weighted by molar-refractivity contribution is 5.93. The first-order valence-electron chi connectivity index (χ1n) is 8.94. The minimum Gasteiger partial charge on any atom is -0.459 e. The molecule has 0 aliphatic carbocycles. The van der Waals surface area contributed by atoms with Gasteiger partial charge >= 0.3 is 0 Å². The lowest BCUT2D eigenvalue weighted by atomic mass is 9.92. The van der Waals surface area contributed by atoms with E-state index >= 15 is 0 Å². The average molecular weight is 345 g/mol. The Kier molecular flexibility index (Phi) is 5.27. The van der Waals surface area contributed by atoms with Crippen LogP contribution in [0.25, 0.3) is 0 Å². The van der Waals surface area contributed by atoms with Gasteiger partial charge in [-0.3, -0.25) is 9.48 Å². The Labute approximate surface area is 148 Å². The summed E-state index contributed by atoms with van der Waals surface area (Å²) in [6, 6.07) is 1.89. The van der Waals surface area contributed by atoms with Gasteiger partial charge in [0.25, 0.3) is 5.91 Å². The van der Waals surface area contributed by atoms with Crippen molar-refractivity contribution < 1.29 is 13.9 Å². The average Bonchev–Trinajstić information content (AvgIpc) is 3.30. The molecule has 25 heavy (non-hydrogen) atoms. The number of likely N-dealkylation sites (tertiary alicyclic amines) is 1. The van der Waals surface area contributed by atoms with Crippen molar-refractivity contribution in [3.63, 3.8) is 0 Å². The quantitative estimate of drug-likeness (QED) is 0.807. The topological polar surface area (TPSA) is 60.5 Å². The molecule has 0 saturated carbocycles. The lowest BCUT2D eigenvalue weighted by Gasteiger charge is -2.16. The van der Waals surface area contributed by atoms with E-state index < -0.39 is 0 Å². The summed E-state index contributed by atoms with van der Waals surface area (Å²) in [5, 5.41) is 4.29. The number of nitrogens with zero attached hydrogens (tertiary/aromatic N) is 3. The number of ether oxygens (including phenoxy) is 1. The van der Waals surface area contributed by atoms with E-state index in [2.05, 4.69) is 18.9 Å². The van der Waals surface area contributed by atoms with E-state index in [4.69, 9.17) is 9.15 Å². The maximum atomic E-state index is 13.0. The second kappa shape index (κ2) is 7.44. The molecule has 3 heterocycles. The Morgan fingerprint density at radius 1 is 1.44 bits per heavy atom. The molecule has 0 N–H and O–H groups in total. The van der Waals surface area contributed by atoms with Gasteiger partial charge in [-0.1, -0.05) is 13.8 Å². The van der Waals surface area contributed by atoms with Crippen LogP contribution in [0.3, 0.4) is 0 Å². The van der Waals surface area contributed by atoms with Gasteiger partial charge in [0.15, 0.2) is 5.76 Å². The smallest absolute Gasteiger partial charge is 0.289 e. The van der Waals surface area contributed by atoms with Crippen LogP contribution in [0, 0.1) is 5.92 Å². The first-order chi connectivity index (χ1) is 12.0. The highest BCUT2D eigenvalue weighted by atomic mass is 16.5. The van der Waals surface area contributed by atoms with Crippen LogP contribution >= 0.6 is 0 Å². The van der Waals surface area contributed by atoms with Crippen molar-refractivity contribution in [3.05, 3.63) is 41.6 Å². The Morgan fingerprint density at radius 3 is 2.88 bits per heavy atom. The van der Waals surface area contributed by atoms with Crippen molar-refractivity contribution in [2.24, 2.45) is 13.0 Å². The van der Waals surface area contributed by atoms with E-state index in [-0.39, 0.29) is 23.7 Å². The zero-order chi connectivity index (χ0) is 18.0. The molecule has 0 unspecified atom stereocenters. The van der Waals surface area contributed by atoms with Crippen LogP contribution in [0.1, 0.15) is 54.3 Å². The van der Waals surface area contributed by atoms with Crippen molar-refractivity contribution in [1.82, 2.24) is 14.7 Å². The second-order valence-electron chi connectivity index (χ2n) is 7.04. The van der Waals surface area contributed by atoms with E-state index in [0.717, 1.165) is 11.1 Å². The lowest BCUT2D eigenvalue weighted by Crippen LogP contribution is -2.29. The number of carbonyl (C=O) groups is 1. The largest absolute Gasteiger partial charge is 0.459 e. The van der Waals surface area contributed by atoms with Gasteiger partial charge in [0, 0.05) is 50.3 Å². The highest BCUT2D eigenvalue weighted by Crippen LogP contribution is 2.34. The third kappa shape index (κ3) is 3.63. The van der Waals surface area contributed by atoms with E-state index in [0.29, 0.717) is 32.1 Å². The Hall–Kier alpha value is -2.08. The molecule has 1 fully saturated rings. The van der Waals surface area contributed by atoms with Gasteiger partial charge in [0.2, 0.25) is 0 Å². The number of aryl methyl sites for hydroxylation is 1. The molecule has 2 atom stereocenters. The van der Waals surface area contributed by atoms with Crippen LogP contribution in [-0.2, 0) is 11.8 Å². The molecule has 2 aromatic heterocycles. The molecule has 136 valence electrons. The number of rotatable bonds is 6. The van der Waals surface area contributed by atoms with Crippen LogP contribution in [0.15, 0.2) is 29.1 Å². The predicted molar refractivity (Wildman–Crippen MR) is 94.6 cm³/mol. The van der Waals surface area contributed by atoms with E-state index in [1.165, 1.54) is 0 Å². The van der Waals surface area contributed by atoms with Crippen LogP contribution < -0.4 is 0 Å². The Balaban J connectivity index is 1.81. The fourth-order valence-corrected chi connectivity index (χ4v) is 3.58. The van der Waals surface area contributed by atoms with Crippen LogP contribution in [-0.4, -0.2) is 46.9 Å². The fraction of sp³-hybridized carbons (Fsp3) is 0.579. The van der Waals surface area contributed by atoms with E-state index in [1.54, 1.807) is 10.9 Å². The number of aromatic nitrogens is 2. The molecule has 0 aromatic carbocycles. The molecule has 0 bridgehead atoms. The monoisotopic (exact) mass is 345 g/mol. The zero-order valence-electron chi connectivity index (χ0n) is 15.4. The Morgan fingerprint density at radius 2 is 2.24 bits per heavy atom. The van der Waals surface area contributed by atoms with Crippen molar-refractivity contribution in [2.75, 3.05) is 26.3 Å². The molecule has 1 aliphatic heterocycles. The maximum Gasteiger partial charge on any atom is 0.289 e. The summed E-state index contributed by atoms with van der Waals surface area (Å²) in [6.45, 7) is 8.81. The summed E-state index contributed by atoms with van der Waals surface area (Å²) >= 11 is 0. The molecular formula is C19H27N3O3. The number of furan rings is 1. The predicted octanol–water partition coefficient (Wildman–Crippen LogP) is 3.03. The summed E-state index contributed by atoms with van der Waals surface area (Å²) in [6.07, 6.45) is 5.53. The first kappa shape index (κ1) is 17.7. The third-order valence-electron chi connectivity index (χ3n) is 4.93. The summed E-state index contributed by atoms with van der Waals surface area (Å²) in [7, 11) is 1.91. The highest BCUT2D eigenvalue weighted by Gasteiger charge is 2.38. The van der Waals surface area contributed by atoms with Crippen LogP contribution in [0.4, 0.5) is 0 Å². The number of hydrogen-bond donors (Lipinski definition) is 0. The molecular weight excluding hydrogens is 318 g/mol. The lowest BCUT2D eigenvalue weighted by molar-refractivity contribution is 0.0730. The first-order valence-corrected chi connectivity index (χ1v) is 8.94. The number of carbonyl (C=O) groups excluding carboxylic acids is 1. The molecule has 1 amide bonds. The summed E-state index contributed by atoms with van der Waals surface area (Å²) in [5.41, 5.74) is 2.13. The van der Waals surface area contributed by atoms with Crippen molar-refractivity contribution in [1.29, 1.82) is 0 Å². The van der Waals surface area contributed by atoms with Gasteiger partial charge in [-0.2, -0.15) is 5.10 Å². The standard InChI is InChI=1S/C19H27N3O3/c1-5-24-12-15-10-22(11-17(15)14-8-20-21(4)9-14)19(23)18-16(13(2)3)6-7-25-18/h6-9,13,15,17H,5,10-12H2,1-4H3/t15-,17-/m0/s1. The van der Waals surface area contributed by atoms with Gasteiger partial charge in [-0.25, -0.2) is 0 Å². The maximum absolute atomic E-state index is 13.0. The minimum atomic E-state index is -0.0263. The summed E-state index contributed by atoms with van der Waals surface area (Å²) < 4.78 is 13.0. The van der Waals surface area contributed by atoms with Crippen molar-refractivity contribution in [3.8, 4) is 0 Å². The fourth-order valence-electron chi connectivity index (χ4n) is 3.58. The molecule has 0 spiro atoms. The van der Waals surface area contributed by atoms with Gasteiger partial charge in [-0.05, 0) is 24.5 Å². The third-order valence-corrected chi connectivity index (χ3v) is 4.93. The molecule has 3 rings (SSSR count). The van der Waals surface area contributed by atoms with Gasteiger partial charge in [0.1, 0.15) is 0 Å². The molecule has 2 aromatic rings. The molecule has 1 aliphatic rings. The number of amides is 1. The van der Waals surface area contributed by atoms with Crippen molar-refractivity contribution in [2.45, 2.75) is 32.6 Å². The molecule has 1 saturated heterocycles. The SMILES string of the molecule is CCOC[C@@H]1CN(C(=O)c2occc2C(C)C)C[C@H]1c1cnn(C)c1. The second-order valence-corrected chi connectivity index (χ2v) is 7.04. The molecule has 6 heteroatoms. The Bertz CT molecular complexity index is 719. The number of hydrogen-bond acceptors (Lipinski definition) is 4. The minimum absolute atomic E-state index is 0.0263. The van der Waals surface area contributed by atoms with Crippen molar-refractivity contribution >= 4 is 5.91 Å².